The average molecular weight is 280 g/mol. The number of nitrogens with zero attached hydrogens (tertiary/aromatic N) is 4. The molecule has 1 atom stereocenters. The third-order valence-electron chi connectivity index (χ3n) is 3.13. The molecule has 0 aromatic carbocycles. The molecule has 0 bridgehead atoms. The first-order valence-electron chi connectivity index (χ1n) is 6.45. The molecular weight excluding hydrogens is 260 g/mol. The highest BCUT2D eigenvalue weighted by Crippen LogP contribution is 2.27. The standard InChI is InChI=1S/C12H20N6S/c1-4-18-6-5-14-10(18)7-9(15-13)12-11(8(2)3)16-17-19-12/h5-6,8-9,15H,4,7,13H2,1-3H3. The second kappa shape index (κ2) is 6.23. The SMILES string of the molecule is CCn1ccnc1CC(NN)c1snnc1C(C)C. The van der Waals surface area contributed by atoms with Gasteiger partial charge in [-0.05, 0) is 24.4 Å². The first-order valence-corrected chi connectivity index (χ1v) is 7.23. The van der Waals surface area contributed by atoms with Crippen molar-refractivity contribution in [1.82, 2.24) is 24.6 Å². The van der Waals surface area contributed by atoms with E-state index in [2.05, 4.69) is 45.3 Å². The molecule has 1 unspecified atom stereocenters. The smallest absolute Gasteiger partial charge is 0.110 e. The van der Waals surface area contributed by atoms with E-state index in [0.717, 1.165) is 29.4 Å². The van der Waals surface area contributed by atoms with Crippen molar-refractivity contribution < 1.29 is 0 Å². The van der Waals surface area contributed by atoms with Crippen LogP contribution in [-0.4, -0.2) is 19.1 Å². The van der Waals surface area contributed by atoms with Gasteiger partial charge in [0.15, 0.2) is 0 Å². The van der Waals surface area contributed by atoms with Gasteiger partial charge in [0.05, 0.1) is 16.6 Å². The maximum absolute atomic E-state index is 5.71. The number of hydrogen-bond donors (Lipinski definition) is 2. The molecule has 0 aliphatic carbocycles. The number of nitrogens with one attached hydrogen (secondary N) is 1. The zero-order chi connectivity index (χ0) is 13.8. The fraction of sp³-hybridized carbons (Fsp3) is 0.583. The van der Waals surface area contributed by atoms with E-state index in [-0.39, 0.29) is 6.04 Å². The van der Waals surface area contributed by atoms with Gasteiger partial charge < -0.3 is 4.57 Å². The van der Waals surface area contributed by atoms with E-state index in [9.17, 15) is 0 Å². The van der Waals surface area contributed by atoms with Crippen molar-refractivity contribution in [1.29, 1.82) is 0 Å². The fourth-order valence-electron chi connectivity index (χ4n) is 2.07. The monoisotopic (exact) mass is 280 g/mol. The second-order valence-corrected chi connectivity index (χ2v) is 5.52. The van der Waals surface area contributed by atoms with Gasteiger partial charge in [-0.3, -0.25) is 11.3 Å². The van der Waals surface area contributed by atoms with Crippen LogP contribution in [0.2, 0.25) is 0 Å². The van der Waals surface area contributed by atoms with Gasteiger partial charge in [0.2, 0.25) is 0 Å². The Morgan fingerprint density at radius 2 is 2.26 bits per heavy atom. The Bertz CT molecular complexity index is 518. The lowest BCUT2D eigenvalue weighted by Gasteiger charge is -2.16. The number of hydrogen-bond acceptors (Lipinski definition) is 6. The van der Waals surface area contributed by atoms with Gasteiger partial charge in [0, 0.05) is 25.4 Å². The molecule has 0 saturated heterocycles. The molecule has 6 nitrogen and oxygen atoms in total. The summed E-state index contributed by atoms with van der Waals surface area (Å²) in [5.74, 6) is 7.07. The molecule has 0 amide bonds. The Morgan fingerprint density at radius 3 is 2.89 bits per heavy atom. The predicted molar refractivity (Wildman–Crippen MR) is 75.7 cm³/mol. The largest absolute Gasteiger partial charge is 0.335 e. The van der Waals surface area contributed by atoms with Crippen molar-refractivity contribution in [3.05, 3.63) is 28.8 Å². The van der Waals surface area contributed by atoms with Gasteiger partial charge in [-0.15, -0.1) is 5.10 Å². The lowest BCUT2D eigenvalue weighted by Crippen LogP contribution is -2.30. The summed E-state index contributed by atoms with van der Waals surface area (Å²) in [5, 5.41) is 4.20. The fourth-order valence-corrected chi connectivity index (χ4v) is 2.94. The number of nitrogens with two attached hydrogens (primary N) is 1. The third kappa shape index (κ3) is 2.99. The van der Waals surface area contributed by atoms with Crippen LogP contribution in [0.25, 0.3) is 0 Å². The number of imidazole rings is 1. The number of rotatable bonds is 6. The van der Waals surface area contributed by atoms with Crippen LogP contribution in [0, 0.1) is 0 Å². The maximum Gasteiger partial charge on any atom is 0.110 e. The molecule has 0 saturated carbocycles. The zero-order valence-corrected chi connectivity index (χ0v) is 12.3. The van der Waals surface area contributed by atoms with Gasteiger partial charge in [-0.1, -0.05) is 18.3 Å². The summed E-state index contributed by atoms with van der Waals surface area (Å²) >= 11 is 1.41. The van der Waals surface area contributed by atoms with E-state index in [1.807, 2.05) is 12.4 Å². The number of aryl methyl sites for hydroxylation is 1. The van der Waals surface area contributed by atoms with E-state index < -0.39 is 0 Å². The number of aromatic nitrogens is 4. The molecule has 19 heavy (non-hydrogen) atoms. The van der Waals surface area contributed by atoms with Crippen LogP contribution in [0.4, 0.5) is 0 Å². The van der Waals surface area contributed by atoms with E-state index in [1.54, 1.807) is 0 Å². The molecule has 2 aromatic heterocycles. The minimum Gasteiger partial charge on any atom is -0.335 e. The van der Waals surface area contributed by atoms with Gasteiger partial charge in [0.1, 0.15) is 5.82 Å². The molecule has 104 valence electrons. The van der Waals surface area contributed by atoms with Crippen LogP contribution < -0.4 is 11.3 Å². The van der Waals surface area contributed by atoms with Crippen molar-refractivity contribution in [3.8, 4) is 0 Å². The van der Waals surface area contributed by atoms with E-state index in [0.29, 0.717) is 5.92 Å². The van der Waals surface area contributed by atoms with Crippen molar-refractivity contribution in [2.24, 2.45) is 5.84 Å². The second-order valence-electron chi connectivity index (χ2n) is 4.73. The topological polar surface area (TPSA) is 81.7 Å². The molecule has 0 radical (unpaired) electrons. The summed E-state index contributed by atoms with van der Waals surface area (Å²) in [4.78, 5) is 5.49. The van der Waals surface area contributed by atoms with Crippen LogP contribution in [0.15, 0.2) is 12.4 Å². The normalized spacial score (nSPS) is 13.1. The highest BCUT2D eigenvalue weighted by Gasteiger charge is 2.22. The van der Waals surface area contributed by atoms with E-state index in [1.165, 1.54) is 11.5 Å². The molecule has 2 aromatic rings. The van der Waals surface area contributed by atoms with Crippen LogP contribution in [0.1, 0.15) is 49.1 Å². The first-order chi connectivity index (χ1) is 9.17. The Balaban J connectivity index is 2.23. The van der Waals surface area contributed by atoms with Crippen LogP contribution >= 0.6 is 11.5 Å². The number of hydrazine groups is 1. The summed E-state index contributed by atoms with van der Waals surface area (Å²) in [7, 11) is 0. The average Bonchev–Trinajstić information content (AvgIpc) is 3.04. The molecule has 3 N–H and O–H groups in total. The Morgan fingerprint density at radius 1 is 1.47 bits per heavy atom. The zero-order valence-electron chi connectivity index (χ0n) is 11.5. The third-order valence-corrected chi connectivity index (χ3v) is 3.99. The van der Waals surface area contributed by atoms with Crippen LogP contribution in [0.5, 0.6) is 0 Å². The molecule has 7 heteroatoms. The summed E-state index contributed by atoms with van der Waals surface area (Å²) in [6.07, 6.45) is 4.54. The van der Waals surface area contributed by atoms with Crippen molar-refractivity contribution in [3.63, 3.8) is 0 Å². The Labute approximate surface area is 117 Å². The van der Waals surface area contributed by atoms with E-state index >= 15 is 0 Å². The molecule has 0 fully saturated rings. The van der Waals surface area contributed by atoms with Crippen LogP contribution in [0.3, 0.4) is 0 Å². The van der Waals surface area contributed by atoms with Gasteiger partial charge >= 0.3 is 0 Å². The lowest BCUT2D eigenvalue weighted by atomic mass is 10.0. The minimum atomic E-state index is 0.00472. The predicted octanol–water partition coefficient (Wildman–Crippen LogP) is 1.62. The molecule has 2 rings (SSSR count). The molecule has 0 spiro atoms. The highest BCUT2D eigenvalue weighted by atomic mass is 32.1. The first kappa shape index (κ1) is 14.1. The summed E-state index contributed by atoms with van der Waals surface area (Å²) in [5.41, 5.74) is 3.88. The highest BCUT2D eigenvalue weighted by molar-refractivity contribution is 7.05. The molecular formula is C12H20N6S. The summed E-state index contributed by atoms with van der Waals surface area (Å²) in [6.45, 7) is 7.23. The van der Waals surface area contributed by atoms with Crippen molar-refractivity contribution in [2.45, 2.75) is 45.7 Å². The van der Waals surface area contributed by atoms with Gasteiger partial charge in [-0.2, -0.15) is 0 Å². The van der Waals surface area contributed by atoms with Gasteiger partial charge in [0.25, 0.3) is 0 Å². The Kier molecular flexibility index (Phi) is 4.62. The Hall–Kier alpha value is -1.31. The molecule has 2 heterocycles. The minimum absolute atomic E-state index is 0.00472. The summed E-state index contributed by atoms with van der Waals surface area (Å²) in [6, 6.07) is 0.00472. The van der Waals surface area contributed by atoms with E-state index in [4.69, 9.17) is 5.84 Å². The molecule has 0 aliphatic heterocycles. The quantitative estimate of drug-likeness (QED) is 0.621. The molecule has 0 aliphatic rings. The van der Waals surface area contributed by atoms with Crippen molar-refractivity contribution >= 4 is 11.5 Å². The van der Waals surface area contributed by atoms with Gasteiger partial charge in [-0.25, -0.2) is 4.98 Å². The van der Waals surface area contributed by atoms with Crippen molar-refractivity contribution in [2.75, 3.05) is 0 Å². The summed E-state index contributed by atoms with van der Waals surface area (Å²) < 4.78 is 6.17. The maximum atomic E-state index is 5.71. The lowest BCUT2D eigenvalue weighted by molar-refractivity contribution is 0.523. The van der Waals surface area contributed by atoms with Crippen LogP contribution in [-0.2, 0) is 13.0 Å².